The van der Waals surface area contributed by atoms with Gasteiger partial charge < -0.3 is 9.64 Å². The van der Waals surface area contributed by atoms with Crippen LogP contribution in [0.1, 0.15) is 31.2 Å². The van der Waals surface area contributed by atoms with Crippen LogP contribution in [-0.2, 0) is 14.4 Å². The SMILES string of the molecule is O=C(/C=C/c1ccc(N2CCCC2=O)cc1)NNC(=O)CCCOc1ccc(Cl)cc1Cl. The number of carbonyl (C=O) groups excluding carboxylic acids is 3. The molecule has 1 heterocycles. The Morgan fingerprint density at radius 2 is 1.88 bits per heavy atom. The summed E-state index contributed by atoms with van der Waals surface area (Å²) in [6.07, 6.45) is 5.02. The van der Waals surface area contributed by atoms with Gasteiger partial charge in [-0.3, -0.25) is 25.2 Å². The third-order valence-electron chi connectivity index (χ3n) is 4.73. The minimum absolute atomic E-state index is 0.128. The molecule has 1 fully saturated rings. The van der Waals surface area contributed by atoms with Crippen molar-refractivity contribution in [1.82, 2.24) is 10.9 Å². The van der Waals surface area contributed by atoms with Gasteiger partial charge in [-0.15, -0.1) is 0 Å². The van der Waals surface area contributed by atoms with Crippen molar-refractivity contribution < 1.29 is 19.1 Å². The molecule has 3 rings (SSSR count). The molecule has 0 atom stereocenters. The number of hydrazine groups is 1. The van der Waals surface area contributed by atoms with Gasteiger partial charge in [-0.05, 0) is 54.8 Å². The Morgan fingerprint density at radius 3 is 2.56 bits per heavy atom. The molecule has 0 aliphatic carbocycles. The summed E-state index contributed by atoms with van der Waals surface area (Å²) < 4.78 is 5.51. The molecular formula is C23H23Cl2N3O4. The number of nitrogens with zero attached hydrogens (tertiary/aromatic N) is 1. The van der Waals surface area contributed by atoms with E-state index in [1.165, 1.54) is 6.08 Å². The van der Waals surface area contributed by atoms with Crippen molar-refractivity contribution in [2.45, 2.75) is 25.7 Å². The molecule has 1 saturated heterocycles. The van der Waals surface area contributed by atoms with Gasteiger partial charge >= 0.3 is 0 Å². The van der Waals surface area contributed by atoms with Crippen molar-refractivity contribution >= 4 is 52.7 Å². The minimum atomic E-state index is -0.457. The van der Waals surface area contributed by atoms with E-state index >= 15 is 0 Å². The highest BCUT2D eigenvalue weighted by atomic mass is 35.5. The quantitative estimate of drug-likeness (QED) is 0.341. The van der Waals surface area contributed by atoms with Crippen LogP contribution in [-0.4, -0.2) is 30.9 Å². The number of benzene rings is 2. The number of anilines is 1. The smallest absolute Gasteiger partial charge is 0.262 e. The Balaban J connectivity index is 1.34. The lowest BCUT2D eigenvalue weighted by Crippen LogP contribution is -2.40. The Bertz CT molecular complexity index is 1010. The van der Waals surface area contributed by atoms with Crippen molar-refractivity contribution in [3.05, 3.63) is 64.1 Å². The van der Waals surface area contributed by atoms with Crippen molar-refractivity contribution in [1.29, 1.82) is 0 Å². The molecule has 2 aromatic rings. The molecule has 0 spiro atoms. The van der Waals surface area contributed by atoms with E-state index in [0.29, 0.717) is 35.2 Å². The number of hydrogen-bond donors (Lipinski definition) is 2. The average molecular weight is 476 g/mol. The van der Waals surface area contributed by atoms with E-state index < -0.39 is 5.91 Å². The molecular weight excluding hydrogens is 453 g/mol. The maximum absolute atomic E-state index is 11.9. The lowest BCUT2D eigenvalue weighted by atomic mass is 10.2. The highest BCUT2D eigenvalue weighted by molar-refractivity contribution is 6.35. The van der Waals surface area contributed by atoms with Gasteiger partial charge in [0, 0.05) is 36.2 Å². The molecule has 2 N–H and O–H groups in total. The minimum Gasteiger partial charge on any atom is -0.492 e. The van der Waals surface area contributed by atoms with E-state index in [1.54, 1.807) is 29.2 Å². The Labute approximate surface area is 196 Å². The molecule has 32 heavy (non-hydrogen) atoms. The molecule has 0 bridgehead atoms. The maximum atomic E-state index is 11.9. The number of nitrogens with one attached hydrogen (secondary N) is 2. The van der Waals surface area contributed by atoms with Crippen LogP contribution in [0.25, 0.3) is 6.08 Å². The molecule has 2 aromatic carbocycles. The Hall–Kier alpha value is -3.03. The second-order valence-corrected chi connectivity index (χ2v) is 7.98. The lowest BCUT2D eigenvalue weighted by Gasteiger charge is -2.15. The number of carbonyl (C=O) groups is 3. The number of hydrogen-bond acceptors (Lipinski definition) is 4. The predicted octanol–water partition coefficient (Wildman–Crippen LogP) is 4.14. The van der Waals surface area contributed by atoms with Gasteiger partial charge in [0.05, 0.1) is 11.6 Å². The van der Waals surface area contributed by atoms with Crippen molar-refractivity contribution in [3.63, 3.8) is 0 Å². The van der Waals surface area contributed by atoms with Gasteiger partial charge in [0.2, 0.25) is 11.8 Å². The third kappa shape index (κ3) is 7.00. The highest BCUT2D eigenvalue weighted by Gasteiger charge is 2.21. The molecule has 9 heteroatoms. The first-order chi connectivity index (χ1) is 15.4. The van der Waals surface area contributed by atoms with E-state index in [0.717, 1.165) is 24.2 Å². The summed E-state index contributed by atoms with van der Waals surface area (Å²) in [7, 11) is 0. The first kappa shape index (κ1) is 23.6. The first-order valence-electron chi connectivity index (χ1n) is 10.2. The zero-order valence-electron chi connectivity index (χ0n) is 17.3. The van der Waals surface area contributed by atoms with Gasteiger partial charge in [0.15, 0.2) is 0 Å². The molecule has 1 aliphatic rings. The summed E-state index contributed by atoms with van der Waals surface area (Å²) in [4.78, 5) is 37.3. The van der Waals surface area contributed by atoms with Crippen LogP contribution in [0.15, 0.2) is 48.5 Å². The third-order valence-corrected chi connectivity index (χ3v) is 5.26. The van der Waals surface area contributed by atoms with E-state index in [9.17, 15) is 14.4 Å². The normalized spacial score (nSPS) is 13.4. The van der Waals surface area contributed by atoms with Crippen LogP contribution >= 0.6 is 23.2 Å². The van der Waals surface area contributed by atoms with Crippen LogP contribution in [0.5, 0.6) is 5.75 Å². The topological polar surface area (TPSA) is 87.7 Å². The predicted molar refractivity (Wildman–Crippen MR) is 125 cm³/mol. The first-order valence-corrected chi connectivity index (χ1v) is 10.9. The van der Waals surface area contributed by atoms with Crippen molar-refractivity contribution in [2.75, 3.05) is 18.1 Å². The summed E-state index contributed by atoms with van der Waals surface area (Å²) in [6.45, 7) is 1.03. The maximum Gasteiger partial charge on any atom is 0.262 e. The van der Waals surface area contributed by atoms with Crippen LogP contribution in [0.2, 0.25) is 10.0 Å². The molecule has 0 radical (unpaired) electrons. The summed E-state index contributed by atoms with van der Waals surface area (Å²) in [5.41, 5.74) is 6.34. The summed E-state index contributed by atoms with van der Waals surface area (Å²) in [6, 6.07) is 12.3. The second-order valence-electron chi connectivity index (χ2n) is 7.14. The van der Waals surface area contributed by atoms with Gasteiger partial charge in [-0.1, -0.05) is 35.3 Å². The van der Waals surface area contributed by atoms with E-state index in [-0.39, 0.29) is 18.2 Å². The molecule has 3 amide bonds. The fraction of sp³-hybridized carbons (Fsp3) is 0.261. The summed E-state index contributed by atoms with van der Waals surface area (Å²) in [5, 5.41) is 0.919. The van der Waals surface area contributed by atoms with Gasteiger partial charge in [-0.25, -0.2) is 0 Å². The second kappa shape index (κ2) is 11.5. The highest BCUT2D eigenvalue weighted by Crippen LogP contribution is 2.27. The Kier molecular flexibility index (Phi) is 8.53. The molecule has 0 saturated carbocycles. The van der Waals surface area contributed by atoms with Crippen LogP contribution in [0.4, 0.5) is 5.69 Å². The number of rotatable bonds is 8. The molecule has 168 valence electrons. The lowest BCUT2D eigenvalue weighted by molar-refractivity contribution is -0.126. The molecule has 1 aliphatic heterocycles. The number of ether oxygens (including phenoxy) is 1. The largest absolute Gasteiger partial charge is 0.492 e. The summed E-state index contributed by atoms with van der Waals surface area (Å²) in [5.74, 6) is -0.169. The number of amides is 3. The van der Waals surface area contributed by atoms with Crippen molar-refractivity contribution in [2.24, 2.45) is 0 Å². The fourth-order valence-electron chi connectivity index (χ4n) is 3.10. The monoisotopic (exact) mass is 475 g/mol. The standard InChI is InChI=1S/C23H23Cl2N3O4/c24-17-8-11-20(19(25)15-17)32-14-2-3-21(29)26-27-22(30)12-7-16-5-9-18(10-6-16)28-13-1-4-23(28)31/h5-12,15H,1-4,13-14H2,(H,26,29)(H,27,30)/b12-7+. The number of halogens is 2. The van der Waals surface area contributed by atoms with Gasteiger partial charge in [-0.2, -0.15) is 0 Å². The van der Waals surface area contributed by atoms with Gasteiger partial charge in [0.1, 0.15) is 5.75 Å². The van der Waals surface area contributed by atoms with Gasteiger partial charge in [0.25, 0.3) is 5.91 Å². The van der Waals surface area contributed by atoms with Crippen LogP contribution in [0.3, 0.4) is 0 Å². The van der Waals surface area contributed by atoms with Crippen LogP contribution < -0.4 is 20.5 Å². The fourth-order valence-corrected chi connectivity index (χ4v) is 3.56. The van der Waals surface area contributed by atoms with Crippen molar-refractivity contribution in [3.8, 4) is 5.75 Å². The summed E-state index contributed by atoms with van der Waals surface area (Å²) >= 11 is 11.8. The van der Waals surface area contributed by atoms with Crippen LogP contribution in [0, 0.1) is 0 Å². The average Bonchev–Trinajstić information content (AvgIpc) is 3.21. The molecule has 0 unspecified atom stereocenters. The molecule has 7 nitrogen and oxygen atoms in total. The zero-order valence-corrected chi connectivity index (χ0v) is 18.8. The molecule has 0 aromatic heterocycles. The Morgan fingerprint density at radius 1 is 1.09 bits per heavy atom. The van der Waals surface area contributed by atoms with E-state index in [1.807, 2.05) is 24.3 Å². The van der Waals surface area contributed by atoms with E-state index in [2.05, 4.69) is 10.9 Å². The van der Waals surface area contributed by atoms with E-state index in [4.69, 9.17) is 27.9 Å². The zero-order chi connectivity index (χ0) is 22.9.